The Balaban J connectivity index is 1.16. The van der Waals surface area contributed by atoms with E-state index in [-0.39, 0.29) is 31.7 Å². The molecule has 4 heterocycles. The molecule has 314 valence electrons. The van der Waals surface area contributed by atoms with Gasteiger partial charge in [-0.05, 0) is 95.7 Å². The summed E-state index contributed by atoms with van der Waals surface area (Å²) in [6.45, 7) is 5.08. The second kappa shape index (κ2) is 15.5. The first-order valence-corrected chi connectivity index (χ1v) is 22.0. The van der Waals surface area contributed by atoms with Crippen LogP contribution in [-0.2, 0) is 29.1 Å². The van der Waals surface area contributed by atoms with E-state index in [0.29, 0.717) is 69.3 Å². The van der Waals surface area contributed by atoms with Crippen LogP contribution in [0.5, 0.6) is 11.6 Å². The zero-order valence-corrected chi connectivity index (χ0v) is 34.9. The second-order valence-electron chi connectivity index (χ2n) is 16.9. The van der Waals surface area contributed by atoms with E-state index in [2.05, 4.69) is 15.4 Å². The van der Waals surface area contributed by atoms with Crippen LogP contribution >= 0.6 is 11.6 Å². The van der Waals surface area contributed by atoms with Crippen LogP contribution in [0.3, 0.4) is 0 Å². The summed E-state index contributed by atoms with van der Waals surface area (Å²) in [7, 11) is -2.36. The molecule has 2 aliphatic carbocycles. The van der Waals surface area contributed by atoms with Crippen molar-refractivity contribution < 1.29 is 46.2 Å². The zero-order chi connectivity index (χ0) is 41.9. The first-order valence-electron chi connectivity index (χ1n) is 20.1. The minimum absolute atomic E-state index is 0.0168. The number of pyridine rings is 1. The van der Waals surface area contributed by atoms with E-state index < -0.39 is 74.3 Å². The number of fused-ring (bicyclic) bond motifs is 7. The van der Waals surface area contributed by atoms with E-state index in [1.54, 1.807) is 52.1 Å². The molecule has 4 aromatic rings. The number of furan rings is 1. The lowest BCUT2D eigenvalue weighted by atomic mass is 10.0. The number of carbonyl (C=O) groups excluding carboxylic acids is 4. The Hall–Kier alpha value is -5.09. The van der Waals surface area contributed by atoms with Crippen LogP contribution in [0.2, 0.25) is 5.02 Å². The fraction of sp³-hybridized carbons (Fsp3) is 0.500. The number of halogens is 1. The lowest BCUT2D eigenvalue weighted by Crippen LogP contribution is -2.58. The van der Waals surface area contributed by atoms with Crippen molar-refractivity contribution in [1.82, 2.24) is 25.2 Å². The number of benzene rings is 2. The summed E-state index contributed by atoms with van der Waals surface area (Å²) in [5.41, 5.74) is -0.774. The van der Waals surface area contributed by atoms with Crippen molar-refractivity contribution in [1.29, 1.82) is 0 Å². The Bertz CT molecular complexity index is 2500. The summed E-state index contributed by atoms with van der Waals surface area (Å²) in [5, 5.41) is 7.31. The molecule has 5 atom stereocenters. The standard InChI is InChI=1S/C42H48ClN5O10S/c1-41(2,3)58-40(52)44-31-11-9-7-5-6-8-10-23-21-42(23,39(51)47-59(53,54)27-14-15-27)46-36(49)32-20-26(22-48(32)38(31)50)56-37-29-18-24(43)12-16-28(29)35-34(45-37)30-19-25(55-4)13-17-33(30)57-35/h8,10,12-13,16-19,23,26-27,31-32H,5-7,9,11,14-15,20-22H2,1-4H3,(H,44,52)(H,46,49)(H,47,51)/b10-8-/t23-,26-,31+,32+,42?/m1/s1. The van der Waals surface area contributed by atoms with E-state index in [1.807, 2.05) is 24.3 Å². The summed E-state index contributed by atoms with van der Waals surface area (Å²) in [6.07, 6.45) is 6.37. The minimum atomic E-state index is -3.92. The number of hydrogen-bond acceptors (Lipinski definition) is 11. The van der Waals surface area contributed by atoms with Gasteiger partial charge in [0, 0.05) is 28.1 Å². The number of carbonyl (C=O) groups is 4. The molecule has 2 aromatic carbocycles. The number of methoxy groups -OCH3 is 1. The Labute approximate surface area is 346 Å². The molecule has 17 heteroatoms. The zero-order valence-electron chi connectivity index (χ0n) is 33.3. The number of allylic oxidation sites excluding steroid dienone is 1. The molecule has 1 saturated heterocycles. The smallest absolute Gasteiger partial charge is 0.408 e. The molecule has 2 saturated carbocycles. The van der Waals surface area contributed by atoms with Crippen LogP contribution in [0, 0.1) is 5.92 Å². The highest BCUT2D eigenvalue weighted by Crippen LogP contribution is 2.46. The van der Waals surface area contributed by atoms with Gasteiger partial charge in [-0.15, -0.1) is 0 Å². The van der Waals surface area contributed by atoms with Crippen molar-refractivity contribution in [2.75, 3.05) is 13.7 Å². The predicted molar refractivity (Wildman–Crippen MR) is 220 cm³/mol. The average Bonchev–Trinajstić information content (AvgIpc) is 4.08. The van der Waals surface area contributed by atoms with Crippen LogP contribution < -0.4 is 24.8 Å². The highest BCUT2D eigenvalue weighted by atomic mass is 35.5. The number of aromatic nitrogens is 1. The molecule has 4 amide bonds. The first kappa shape index (κ1) is 40.7. The molecule has 0 spiro atoms. The van der Waals surface area contributed by atoms with E-state index in [1.165, 1.54) is 4.90 Å². The number of hydrogen-bond donors (Lipinski definition) is 3. The molecule has 3 fully saturated rings. The number of sulfonamides is 1. The van der Waals surface area contributed by atoms with Gasteiger partial charge in [0.1, 0.15) is 46.2 Å². The fourth-order valence-corrected chi connectivity index (χ4v) is 9.62. The van der Waals surface area contributed by atoms with Gasteiger partial charge in [-0.3, -0.25) is 19.1 Å². The highest BCUT2D eigenvalue weighted by Gasteiger charge is 2.62. The number of nitrogens with zero attached hydrogens (tertiary/aromatic N) is 2. The number of rotatable bonds is 7. The van der Waals surface area contributed by atoms with Crippen LogP contribution in [0.15, 0.2) is 53.0 Å². The van der Waals surface area contributed by atoms with Crippen molar-refractivity contribution in [2.24, 2.45) is 5.92 Å². The molecule has 2 aliphatic heterocycles. The molecule has 3 N–H and O–H groups in total. The third-order valence-corrected chi connectivity index (χ3v) is 13.4. The van der Waals surface area contributed by atoms with Gasteiger partial charge in [-0.2, -0.15) is 0 Å². The Morgan fingerprint density at radius 1 is 1.03 bits per heavy atom. The van der Waals surface area contributed by atoms with Crippen molar-refractivity contribution in [2.45, 2.75) is 113 Å². The Kier molecular flexibility index (Phi) is 10.7. The maximum atomic E-state index is 14.7. The number of nitrogens with one attached hydrogen (secondary N) is 3. The summed E-state index contributed by atoms with van der Waals surface area (Å²) in [6, 6.07) is 8.42. The Morgan fingerprint density at radius 3 is 2.58 bits per heavy atom. The van der Waals surface area contributed by atoms with Crippen LogP contribution in [0.1, 0.15) is 78.6 Å². The van der Waals surface area contributed by atoms with E-state index in [0.717, 1.165) is 12.8 Å². The average molecular weight is 850 g/mol. The molecule has 8 rings (SSSR count). The van der Waals surface area contributed by atoms with Gasteiger partial charge in [0.25, 0.3) is 5.91 Å². The first-order chi connectivity index (χ1) is 28.0. The summed E-state index contributed by atoms with van der Waals surface area (Å²) >= 11 is 6.50. The summed E-state index contributed by atoms with van der Waals surface area (Å²) in [4.78, 5) is 62.5. The summed E-state index contributed by atoms with van der Waals surface area (Å²) < 4.78 is 52.0. The number of amides is 4. The van der Waals surface area contributed by atoms with Gasteiger partial charge in [0.15, 0.2) is 5.58 Å². The van der Waals surface area contributed by atoms with Gasteiger partial charge < -0.3 is 34.2 Å². The van der Waals surface area contributed by atoms with Gasteiger partial charge in [-0.1, -0.05) is 36.6 Å². The maximum absolute atomic E-state index is 14.7. The largest absolute Gasteiger partial charge is 0.497 e. The minimum Gasteiger partial charge on any atom is -0.497 e. The van der Waals surface area contributed by atoms with Crippen molar-refractivity contribution in [3.8, 4) is 11.6 Å². The third-order valence-electron chi connectivity index (χ3n) is 11.4. The van der Waals surface area contributed by atoms with Crippen LogP contribution in [0.4, 0.5) is 4.79 Å². The normalized spacial score (nSPS) is 25.9. The molecule has 15 nitrogen and oxygen atoms in total. The van der Waals surface area contributed by atoms with Gasteiger partial charge in [0.2, 0.25) is 27.7 Å². The molecule has 59 heavy (non-hydrogen) atoms. The molecule has 0 bridgehead atoms. The highest BCUT2D eigenvalue weighted by molar-refractivity contribution is 7.91. The SMILES string of the molecule is COc1ccc2oc3c4ccc(Cl)cc4c(O[C@@H]4C[C@H]5C(=O)NC6(C(=O)NS(=O)(=O)C7CC7)C[C@H]6/C=C\CCCCC[C@H](NC(=O)OC(C)(C)C)C(=O)N5C4)nc3c2c1. The topological polar surface area (TPSA) is 195 Å². The third kappa shape index (κ3) is 8.38. The van der Waals surface area contributed by atoms with Crippen LogP contribution in [-0.4, -0.2) is 90.3 Å². The lowest BCUT2D eigenvalue weighted by molar-refractivity contribution is -0.141. The van der Waals surface area contributed by atoms with Crippen molar-refractivity contribution in [3.05, 3.63) is 53.6 Å². The predicted octanol–water partition coefficient (Wildman–Crippen LogP) is 6.04. The maximum Gasteiger partial charge on any atom is 0.408 e. The number of alkyl carbamates (subject to hydrolysis) is 1. The van der Waals surface area contributed by atoms with Gasteiger partial charge in [-0.25, -0.2) is 18.2 Å². The monoisotopic (exact) mass is 849 g/mol. The van der Waals surface area contributed by atoms with Crippen molar-refractivity contribution in [3.63, 3.8) is 0 Å². The Morgan fingerprint density at radius 2 is 1.83 bits per heavy atom. The number of ether oxygens (including phenoxy) is 3. The second-order valence-corrected chi connectivity index (χ2v) is 19.3. The molecule has 0 radical (unpaired) electrons. The molecule has 2 aromatic heterocycles. The fourth-order valence-electron chi connectivity index (χ4n) is 8.08. The van der Waals surface area contributed by atoms with Crippen molar-refractivity contribution >= 4 is 78.3 Å². The molecular weight excluding hydrogens is 802 g/mol. The van der Waals surface area contributed by atoms with E-state index >= 15 is 0 Å². The quantitative estimate of drug-likeness (QED) is 0.184. The lowest BCUT2D eigenvalue weighted by Gasteiger charge is -2.30. The van der Waals surface area contributed by atoms with E-state index in [9.17, 15) is 27.6 Å². The van der Waals surface area contributed by atoms with Gasteiger partial charge >= 0.3 is 6.09 Å². The van der Waals surface area contributed by atoms with Crippen LogP contribution in [0.25, 0.3) is 32.8 Å². The molecular formula is C42H48ClN5O10S. The molecule has 4 aliphatic rings. The summed E-state index contributed by atoms with van der Waals surface area (Å²) in [5.74, 6) is -1.66. The van der Waals surface area contributed by atoms with E-state index in [4.69, 9.17) is 35.2 Å². The molecule has 1 unspecified atom stereocenters. The van der Waals surface area contributed by atoms with Gasteiger partial charge in [0.05, 0.1) is 24.3 Å².